The van der Waals surface area contributed by atoms with Crippen LogP contribution in [0.25, 0.3) is 122 Å². The topological polar surface area (TPSA) is 52.1 Å². The normalized spacial score (nSPS) is 11.9. The average molecular weight is 715 g/mol. The number of hydrogen-bond acceptors (Lipinski definition) is 4. The fourth-order valence-electron chi connectivity index (χ4n) is 8.89. The first-order valence-corrected chi connectivity index (χ1v) is 18.9. The Hall–Kier alpha value is -7.56. The number of aromatic nitrogens is 2. The van der Waals surface area contributed by atoms with Crippen LogP contribution >= 0.6 is 0 Å². The van der Waals surface area contributed by atoms with Crippen molar-refractivity contribution in [3.63, 3.8) is 0 Å². The lowest BCUT2D eigenvalue weighted by atomic mass is 9.78. The highest BCUT2D eigenvalue weighted by Crippen LogP contribution is 2.51. The third-order valence-electron chi connectivity index (χ3n) is 11.4. The highest BCUT2D eigenvalue weighted by Gasteiger charge is 2.24. The molecule has 0 radical (unpaired) electrons. The van der Waals surface area contributed by atoms with Crippen LogP contribution in [0.2, 0.25) is 0 Å². The zero-order chi connectivity index (χ0) is 36.7. The van der Waals surface area contributed by atoms with E-state index in [-0.39, 0.29) is 0 Å². The van der Waals surface area contributed by atoms with E-state index in [4.69, 9.17) is 8.83 Å². The van der Waals surface area contributed by atoms with Crippen LogP contribution in [0.1, 0.15) is 0 Å². The SMILES string of the molecule is c1ccc2c(c1)-c1ccccc1-c1cccc(-c3cc(-c4ccc5oc6cnccc6c5c4)cc(-c4ccc5oc6cnccc6c5c4)c3)c1-c1ccccc1-2. The molecular weight excluding hydrogens is 685 g/mol. The van der Waals surface area contributed by atoms with E-state index in [1.807, 2.05) is 24.5 Å². The molecule has 0 unspecified atom stereocenters. The van der Waals surface area contributed by atoms with E-state index < -0.39 is 0 Å². The van der Waals surface area contributed by atoms with Crippen LogP contribution in [0.4, 0.5) is 0 Å². The molecule has 0 aliphatic heterocycles. The van der Waals surface area contributed by atoms with E-state index in [9.17, 15) is 0 Å². The Kier molecular flexibility index (Phi) is 6.60. The Morgan fingerprint density at radius 3 is 1.25 bits per heavy atom. The Bertz CT molecular complexity index is 3250. The van der Waals surface area contributed by atoms with Crippen molar-refractivity contribution < 1.29 is 8.83 Å². The molecule has 0 atom stereocenters. The van der Waals surface area contributed by atoms with Crippen LogP contribution in [0, 0.1) is 0 Å². The molecule has 0 saturated carbocycles. The van der Waals surface area contributed by atoms with E-state index in [1.165, 1.54) is 50.1 Å². The number of pyridine rings is 2. The average Bonchev–Trinajstić information content (AvgIpc) is 3.83. The Labute approximate surface area is 322 Å². The van der Waals surface area contributed by atoms with Gasteiger partial charge in [0.25, 0.3) is 0 Å². The number of furan rings is 2. The maximum absolute atomic E-state index is 6.19. The summed E-state index contributed by atoms with van der Waals surface area (Å²) in [5, 5.41) is 4.25. The maximum Gasteiger partial charge on any atom is 0.153 e. The van der Waals surface area contributed by atoms with Gasteiger partial charge in [-0.1, -0.05) is 103 Å². The summed E-state index contributed by atoms with van der Waals surface area (Å²) in [4.78, 5) is 8.60. The lowest BCUT2D eigenvalue weighted by molar-refractivity contribution is 0.666. The van der Waals surface area contributed by atoms with Crippen molar-refractivity contribution in [2.75, 3.05) is 0 Å². The highest BCUT2D eigenvalue weighted by molar-refractivity contribution is 6.09. The van der Waals surface area contributed by atoms with Crippen LogP contribution in [0.3, 0.4) is 0 Å². The monoisotopic (exact) mass is 714 g/mol. The molecule has 12 rings (SSSR count). The number of nitrogens with zero attached hydrogens (tertiary/aromatic N) is 2. The summed E-state index contributed by atoms with van der Waals surface area (Å²) in [6, 6.07) is 57.4. The Morgan fingerprint density at radius 2 is 0.714 bits per heavy atom. The summed E-state index contributed by atoms with van der Waals surface area (Å²) in [5.41, 5.74) is 19.8. The van der Waals surface area contributed by atoms with Crippen molar-refractivity contribution in [1.82, 2.24) is 9.97 Å². The van der Waals surface area contributed by atoms with E-state index in [1.54, 1.807) is 12.4 Å². The van der Waals surface area contributed by atoms with Gasteiger partial charge in [0.1, 0.15) is 11.2 Å². The second-order valence-corrected chi connectivity index (χ2v) is 14.5. The molecule has 4 aromatic heterocycles. The lowest BCUT2D eigenvalue weighted by Gasteiger charge is -2.25. The summed E-state index contributed by atoms with van der Waals surface area (Å²) >= 11 is 0. The van der Waals surface area contributed by atoms with Gasteiger partial charge in [-0.3, -0.25) is 9.97 Å². The zero-order valence-corrected chi connectivity index (χ0v) is 30.0. The van der Waals surface area contributed by atoms with Gasteiger partial charge in [0, 0.05) is 33.9 Å². The molecule has 4 heterocycles. The van der Waals surface area contributed by atoms with Crippen LogP contribution in [0.15, 0.2) is 191 Å². The fourth-order valence-corrected chi connectivity index (χ4v) is 8.89. The molecule has 260 valence electrons. The second kappa shape index (κ2) is 12.0. The third-order valence-corrected chi connectivity index (χ3v) is 11.4. The standard InChI is InChI=1S/C52H30N2O2/c1-2-9-38-37(8-1)39-10-3-4-11-41(39)45-15-7-14-36(52(45)44-13-6-5-12-40(38)44)35-25-33(31-16-18-48-46(27-31)42-20-22-53-29-50(42)55-48)24-34(26-35)32-17-19-49-47(28-32)43-21-23-54-30-51(43)56-49/h1-30H. The van der Waals surface area contributed by atoms with Gasteiger partial charge < -0.3 is 8.83 Å². The minimum Gasteiger partial charge on any atom is -0.454 e. The van der Waals surface area contributed by atoms with Crippen LogP contribution in [-0.2, 0) is 0 Å². The van der Waals surface area contributed by atoms with Gasteiger partial charge in [-0.25, -0.2) is 0 Å². The van der Waals surface area contributed by atoms with Gasteiger partial charge in [-0.05, 0) is 132 Å². The molecule has 0 N–H and O–H groups in total. The molecule has 0 amide bonds. The van der Waals surface area contributed by atoms with Crippen molar-refractivity contribution in [3.8, 4) is 77.9 Å². The van der Waals surface area contributed by atoms with E-state index in [0.717, 1.165) is 71.7 Å². The summed E-state index contributed by atoms with van der Waals surface area (Å²) in [6.07, 6.45) is 7.23. The van der Waals surface area contributed by atoms with Crippen molar-refractivity contribution in [1.29, 1.82) is 0 Å². The van der Waals surface area contributed by atoms with Crippen LogP contribution in [-0.4, -0.2) is 9.97 Å². The molecule has 4 nitrogen and oxygen atoms in total. The third kappa shape index (κ3) is 4.66. The van der Waals surface area contributed by atoms with Crippen LogP contribution in [0.5, 0.6) is 0 Å². The number of rotatable bonds is 3. The van der Waals surface area contributed by atoms with Crippen molar-refractivity contribution in [2.45, 2.75) is 0 Å². The summed E-state index contributed by atoms with van der Waals surface area (Å²) in [7, 11) is 0. The smallest absolute Gasteiger partial charge is 0.153 e. The molecular formula is C52H30N2O2. The second-order valence-electron chi connectivity index (χ2n) is 14.5. The Balaban J connectivity index is 1.15. The highest BCUT2D eigenvalue weighted by atomic mass is 16.3. The quantitative estimate of drug-likeness (QED) is 0.183. The zero-order valence-electron chi connectivity index (χ0n) is 30.0. The molecule has 7 aromatic carbocycles. The molecule has 0 saturated heterocycles. The molecule has 4 heteroatoms. The minimum absolute atomic E-state index is 0.786. The molecule has 56 heavy (non-hydrogen) atoms. The van der Waals surface area contributed by atoms with Gasteiger partial charge in [-0.2, -0.15) is 0 Å². The fraction of sp³-hybridized carbons (Fsp3) is 0. The molecule has 1 aliphatic rings. The maximum atomic E-state index is 6.19. The van der Waals surface area contributed by atoms with E-state index in [0.29, 0.717) is 0 Å². The van der Waals surface area contributed by atoms with Gasteiger partial charge >= 0.3 is 0 Å². The summed E-state index contributed by atoms with van der Waals surface area (Å²) < 4.78 is 12.4. The van der Waals surface area contributed by atoms with Gasteiger partial charge in [0.05, 0.1) is 12.4 Å². The first kappa shape index (κ1) is 30.9. The van der Waals surface area contributed by atoms with Crippen LogP contribution < -0.4 is 0 Å². The minimum atomic E-state index is 0.786. The Morgan fingerprint density at radius 1 is 0.286 bits per heavy atom. The van der Waals surface area contributed by atoms with Crippen molar-refractivity contribution >= 4 is 43.9 Å². The summed E-state index contributed by atoms with van der Waals surface area (Å²) in [5.74, 6) is 0. The molecule has 0 bridgehead atoms. The van der Waals surface area contributed by atoms with Crippen molar-refractivity contribution in [3.05, 3.63) is 183 Å². The van der Waals surface area contributed by atoms with Gasteiger partial charge in [0.15, 0.2) is 11.2 Å². The van der Waals surface area contributed by atoms with E-state index >= 15 is 0 Å². The molecule has 0 fully saturated rings. The molecule has 11 aromatic rings. The predicted molar refractivity (Wildman–Crippen MR) is 228 cm³/mol. The summed E-state index contributed by atoms with van der Waals surface area (Å²) in [6.45, 7) is 0. The largest absolute Gasteiger partial charge is 0.454 e. The van der Waals surface area contributed by atoms with E-state index in [2.05, 4.69) is 156 Å². The first-order valence-electron chi connectivity index (χ1n) is 18.9. The van der Waals surface area contributed by atoms with Gasteiger partial charge in [-0.15, -0.1) is 0 Å². The first-order chi connectivity index (χ1) is 27.7. The molecule has 1 aliphatic carbocycles. The van der Waals surface area contributed by atoms with Gasteiger partial charge in [0.2, 0.25) is 0 Å². The predicted octanol–water partition coefficient (Wildman–Crippen LogP) is 14.3. The number of fused-ring (bicyclic) bond motifs is 14. The van der Waals surface area contributed by atoms with Crippen molar-refractivity contribution in [2.24, 2.45) is 0 Å². The number of hydrogen-bond donors (Lipinski definition) is 0. The molecule has 0 spiro atoms. The number of benzene rings is 7. The lowest BCUT2D eigenvalue weighted by Crippen LogP contribution is -1.99.